The number of halogens is 4. The van der Waals surface area contributed by atoms with E-state index >= 15 is 0 Å². The van der Waals surface area contributed by atoms with E-state index in [1.165, 1.54) is 10.9 Å². The Bertz CT molecular complexity index is 510. The van der Waals surface area contributed by atoms with E-state index in [9.17, 15) is 4.39 Å². The van der Waals surface area contributed by atoms with Gasteiger partial charge in [-0.25, -0.2) is 4.39 Å². The summed E-state index contributed by atoms with van der Waals surface area (Å²) in [5, 5.41) is 2.02. The molecular weight excluding hydrogens is 423 g/mol. The fraction of sp³-hybridized carbons (Fsp3) is 0.0909. The van der Waals surface area contributed by atoms with Crippen LogP contribution in [0.1, 0.15) is 15.3 Å². The number of alkyl halides is 1. The van der Waals surface area contributed by atoms with Gasteiger partial charge in [-0.1, -0.05) is 22.0 Å². The van der Waals surface area contributed by atoms with Crippen LogP contribution in [-0.2, 0) is 0 Å². The number of hydrogen-bond acceptors (Lipinski definition) is 1. The number of hydrogen-bond donors (Lipinski definition) is 0. The molecule has 0 radical (unpaired) electrons. The number of rotatable bonds is 2. The predicted molar refractivity (Wildman–Crippen MR) is 76.9 cm³/mol. The Labute approximate surface area is 122 Å². The molecule has 2 aromatic rings. The lowest BCUT2D eigenvalue weighted by Crippen LogP contribution is -1.91. The van der Waals surface area contributed by atoms with Gasteiger partial charge < -0.3 is 0 Å². The quantitative estimate of drug-likeness (QED) is 0.522. The van der Waals surface area contributed by atoms with Crippen molar-refractivity contribution in [3.8, 4) is 0 Å². The van der Waals surface area contributed by atoms with Crippen LogP contribution in [0.4, 0.5) is 4.39 Å². The monoisotopic (exact) mass is 426 g/mol. The molecule has 1 unspecified atom stereocenters. The van der Waals surface area contributed by atoms with E-state index in [-0.39, 0.29) is 10.6 Å². The Morgan fingerprint density at radius 3 is 2.44 bits per heavy atom. The van der Waals surface area contributed by atoms with E-state index in [1.807, 2.05) is 11.4 Å². The molecule has 0 aliphatic carbocycles. The molecule has 0 spiro atoms. The van der Waals surface area contributed by atoms with Crippen molar-refractivity contribution < 1.29 is 4.39 Å². The molecule has 0 aliphatic rings. The van der Waals surface area contributed by atoms with Crippen LogP contribution >= 0.6 is 59.1 Å². The van der Waals surface area contributed by atoms with E-state index < -0.39 is 0 Å². The first-order valence-electron chi connectivity index (χ1n) is 4.41. The van der Waals surface area contributed by atoms with Gasteiger partial charge in [-0.05, 0) is 61.0 Å². The van der Waals surface area contributed by atoms with Gasteiger partial charge in [0.15, 0.2) is 0 Å². The summed E-state index contributed by atoms with van der Waals surface area (Å²) in [7, 11) is 0. The van der Waals surface area contributed by atoms with Crippen molar-refractivity contribution in [2.75, 3.05) is 0 Å². The Morgan fingerprint density at radius 1 is 1.12 bits per heavy atom. The molecule has 1 aromatic carbocycles. The molecular formula is C11H6Br3FS. The van der Waals surface area contributed by atoms with Gasteiger partial charge in [-0.2, -0.15) is 0 Å². The average molecular weight is 429 g/mol. The smallest absolute Gasteiger partial charge is 0.137 e. The molecule has 5 heteroatoms. The van der Waals surface area contributed by atoms with Gasteiger partial charge in [-0.15, -0.1) is 11.3 Å². The van der Waals surface area contributed by atoms with Crippen molar-refractivity contribution in [1.82, 2.24) is 0 Å². The lowest BCUT2D eigenvalue weighted by molar-refractivity contribution is 0.620. The first-order chi connectivity index (χ1) is 7.59. The second kappa shape index (κ2) is 5.29. The molecule has 2 rings (SSSR count). The maximum Gasteiger partial charge on any atom is 0.137 e. The third kappa shape index (κ3) is 2.58. The zero-order valence-electron chi connectivity index (χ0n) is 7.88. The van der Waals surface area contributed by atoms with Crippen LogP contribution < -0.4 is 0 Å². The number of benzene rings is 1. The lowest BCUT2D eigenvalue weighted by Gasteiger charge is -2.09. The molecule has 0 nitrogen and oxygen atoms in total. The summed E-state index contributed by atoms with van der Waals surface area (Å²) in [5.74, 6) is -0.242. The molecule has 84 valence electrons. The van der Waals surface area contributed by atoms with E-state index in [2.05, 4.69) is 47.8 Å². The second-order valence-corrected chi connectivity index (χ2v) is 6.74. The minimum atomic E-state index is -0.242. The second-order valence-electron chi connectivity index (χ2n) is 3.17. The summed E-state index contributed by atoms with van der Waals surface area (Å²) in [5.41, 5.74) is 1.02. The summed E-state index contributed by atoms with van der Waals surface area (Å²) in [6, 6.07) is 7.05. The number of thiophene rings is 1. The Kier molecular flexibility index (Phi) is 4.21. The standard InChI is InChI=1S/C11H6Br3FS/c12-7-3-4-16-11(7)10(14)6-1-2-9(15)8(13)5-6/h1-5,10H. The molecule has 1 atom stereocenters. The summed E-state index contributed by atoms with van der Waals surface area (Å²) < 4.78 is 14.7. The maximum absolute atomic E-state index is 13.1. The molecule has 0 saturated carbocycles. The Hall–Kier alpha value is 0.290. The topological polar surface area (TPSA) is 0 Å². The molecule has 0 N–H and O–H groups in total. The molecule has 16 heavy (non-hydrogen) atoms. The minimum absolute atomic E-state index is 0.0822. The van der Waals surface area contributed by atoms with Gasteiger partial charge in [0, 0.05) is 9.35 Å². The van der Waals surface area contributed by atoms with Crippen LogP contribution in [0, 0.1) is 5.82 Å². The van der Waals surface area contributed by atoms with Crippen molar-refractivity contribution in [1.29, 1.82) is 0 Å². The normalized spacial score (nSPS) is 12.8. The summed E-state index contributed by atoms with van der Waals surface area (Å²) in [6.07, 6.45) is 0. The van der Waals surface area contributed by atoms with Crippen LogP contribution in [0.2, 0.25) is 0 Å². The maximum atomic E-state index is 13.1. The third-order valence-corrected chi connectivity index (χ3v) is 5.94. The van der Waals surface area contributed by atoms with E-state index in [4.69, 9.17) is 0 Å². The molecule has 0 bridgehead atoms. The van der Waals surface area contributed by atoms with Gasteiger partial charge >= 0.3 is 0 Å². The highest BCUT2D eigenvalue weighted by atomic mass is 79.9. The zero-order valence-corrected chi connectivity index (χ0v) is 13.5. The van der Waals surface area contributed by atoms with Crippen LogP contribution in [0.15, 0.2) is 38.6 Å². The molecule has 1 heterocycles. The first kappa shape index (κ1) is 12.7. The van der Waals surface area contributed by atoms with Gasteiger partial charge in [-0.3, -0.25) is 0 Å². The largest absolute Gasteiger partial charge is 0.206 e. The molecule has 0 amide bonds. The Balaban J connectivity index is 2.38. The van der Waals surface area contributed by atoms with Crippen LogP contribution in [0.5, 0.6) is 0 Å². The third-order valence-electron chi connectivity index (χ3n) is 2.11. The SMILES string of the molecule is Fc1ccc(C(Br)c2sccc2Br)cc1Br. The van der Waals surface area contributed by atoms with Crippen LogP contribution in [0.25, 0.3) is 0 Å². The summed E-state index contributed by atoms with van der Waals surface area (Å²) >= 11 is 12.0. The fourth-order valence-electron chi connectivity index (χ4n) is 1.31. The first-order valence-corrected chi connectivity index (χ1v) is 7.79. The highest BCUT2D eigenvalue weighted by molar-refractivity contribution is 9.11. The molecule has 1 aromatic heterocycles. The summed E-state index contributed by atoms with van der Waals surface area (Å²) in [4.78, 5) is 1.26. The molecule has 0 fully saturated rings. The minimum Gasteiger partial charge on any atom is -0.206 e. The average Bonchev–Trinajstić information content (AvgIpc) is 2.67. The van der Waals surface area contributed by atoms with E-state index in [1.54, 1.807) is 23.5 Å². The van der Waals surface area contributed by atoms with Crippen LogP contribution in [-0.4, -0.2) is 0 Å². The van der Waals surface area contributed by atoms with Crippen molar-refractivity contribution in [2.24, 2.45) is 0 Å². The predicted octanol–water partition coefficient (Wildman–Crippen LogP) is 5.90. The highest BCUT2D eigenvalue weighted by Crippen LogP contribution is 2.39. The van der Waals surface area contributed by atoms with Gasteiger partial charge in [0.1, 0.15) is 5.82 Å². The van der Waals surface area contributed by atoms with Gasteiger partial charge in [0.25, 0.3) is 0 Å². The summed E-state index contributed by atoms with van der Waals surface area (Å²) in [6.45, 7) is 0. The fourth-order valence-corrected chi connectivity index (χ4v) is 4.47. The zero-order chi connectivity index (χ0) is 11.7. The molecule has 0 saturated heterocycles. The molecule has 0 aliphatic heterocycles. The van der Waals surface area contributed by atoms with Gasteiger partial charge in [0.05, 0.1) is 9.30 Å². The highest BCUT2D eigenvalue weighted by Gasteiger charge is 2.15. The van der Waals surface area contributed by atoms with Crippen molar-refractivity contribution >= 4 is 59.1 Å². The van der Waals surface area contributed by atoms with Crippen molar-refractivity contribution in [3.05, 3.63) is 54.8 Å². The van der Waals surface area contributed by atoms with Crippen molar-refractivity contribution in [3.63, 3.8) is 0 Å². The Morgan fingerprint density at radius 2 is 1.88 bits per heavy atom. The van der Waals surface area contributed by atoms with E-state index in [0.29, 0.717) is 4.47 Å². The van der Waals surface area contributed by atoms with Gasteiger partial charge in [0.2, 0.25) is 0 Å². The van der Waals surface area contributed by atoms with Crippen molar-refractivity contribution in [2.45, 2.75) is 4.83 Å². The lowest BCUT2D eigenvalue weighted by atomic mass is 10.1. The van der Waals surface area contributed by atoms with Crippen LogP contribution in [0.3, 0.4) is 0 Å². The van der Waals surface area contributed by atoms with E-state index in [0.717, 1.165) is 10.0 Å².